The van der Waals surface area contributed by atoms with Crippen LogP contribution in [0.3, 0.4) is 0 Å². The fourth-order valence-electron chi connectivity index (χ4n) is 1.91. The van der Waals surface area contributed by atoms with Crippen molar-refractivity contribution in [1.82, 2.24) is 5.32 Å². The molecule has 110 valence electrons. The van der Waals surface area contributed by atoms with E-state index in [0.717, 1.165) is 5.56 Å². The van der Waals surface area contributed by atoms with Crippen molar-refractivity contribution < 1.29 is 9.72 Å². The lowest BCUT2D eigenvalue weighted by Crippen LogP contribution is -2.27. The van der Waals surface area contributed by atoms with E-state index in [4.69, 9.17) is 0 Å². The molecule has 2 rings (SSSR count). The molecule has 0 radical (unpaired) electrons. The van der Waals surface area contributed by atoms with E-state index < -0.39 is 10.8 Å². The molecular formula is C14H15N3O3S. The Hall–Kier alpha value is -2.41. The number of nitro benzene ring substituents is 1. The summed E-state index contributed by atoms with van der Waals surface area (Å²) in [6.45, 7) is 1.84. The monoisotopic (exact) mass is 305 g/mol. The second-order valence-electron chi connectivity index (χ2n) is 4.49. The van der Waals surface area contributed by atoms with Crippen LogP contribution < -0.4 is 10.6 Å². The highest BCUT2D eigenvalue weighted by molar-refractivity contribution is 7.07. The summed E-state index contributed by atoms with van der Waals surface area (Å²) in [6, 6.07) is 6.08. The standard InChI is InChI=1S/C14H15N3O3S/c1-9(10-5-6-21-8-10)16-14(18)12-7-11(15-2)3-4-13(12)17(19)20/h3-9,15H,1-2H3,(H,16,18). The van der Waals surface area contributed by atoms with Gasteiger partial charge in [-0.3, -0.25) is 14.9 Å². The van der Waals surface area contributed by atoms with Gasteiger partial charge >= 0.3 is 0 Å². The fourth-order valence-corrected chi connectivity index (χ4v) is 2.67. The van der Waals surface area contributed by atoms with Gasteiger partial charge in [0, 0.05) is 18.8 Å². The lowest BCUT2D eigenvalue weighted by Gasteiger charge is -2.13. The molecule has 2 aromatic rings. The molecule has 1 unspecified atom stereocenters. The van der Waals surface area contributed by atoms with Crippen molar-refractivity contribution in [2.24, 2.45) is 0 Å². The first kappa shape index (κ1) is 15.0. The molecule has 0 saturated carbocycles. The van der Waals surface area contributed by atoms with Gasteiger partial charge in [-0.15, -0.1) is 0 Å². The Morgan fingerprint density at radius 3 is 2.71 bits per heavy atom. The zero-order chi connectivity index (χ0) is 15.4. The number of benzene rings is 1. The van der Waals surface area contributed by atoms with Crippen LogP contribution in [0.1, 0.15) is 28.9 Å². The van der Waals surface area contributed by atoms with E-state index in [9.17, 15) is 14.9 Å². The molecule has 7 heteroatoms. The molecule has 2 N–H and O–H groups in total. The number of thiophene rings is 1. The van der Waals surface area contributed by atoms with Gasteiger partial charge in [0.15, 0.2) is 0 Å². The van der Waals surface area contributed by atoms with E-state index in [1.54, 1.807) is 13.1 Å². The van der Waals surface area contributed by atoms with Crippen LogP contribution in [0.15, 0.2) is 35.0 Å². The number of carbonyl (C=O) groups is 1. The second kappa shape index (κ2) is 6.36. The molecule has 0 fully saturated rings. The fraction of sp³-hybridized carbons (Fsp3) is 0.214. The zero-order valence-corrected chi connectivity index (χ0v) is 12.4. The van der Waals surface area contributed by atoms with E-state index in [2.05, 4.69) is 10.6 Å². The molecule has 6 nitrogen and oxygen atoms in total. The summed E-state index contributed by atoms with van der Waals surface area (Å²) in [5, 5.41) is 20.5. The molecule has 0 bridgehead atoms. The van der Waals surface area contributed by atoms with Gasteiger partial charge in [0.2, 0.25) is 0 Å². The number of carbonyl (C=O) groups excluding carboxylic acids is 1. The molecule has 1 amide bonds. The normalized spacial score (nSPS) is 11.7. The molecule has 21 heavy (non-hydrogen) atoms. The van der Waals surface area contributed by atoms with E-state index in [0.29, 0.717) is 5.69 Å². The molecule has 1 atom stereocenters. The van der Waals surface area contributed by atoms with Crippen LogP contribution >= 0.6 is 11.3 Å². The van der Waals surface area contributed by atoms with Crippen molar-refractivity contribution in [3.05, 3.63) is 56.3 Å². The van der Waals surface area contributed by atoms with Crippen molar-refractivity contribution in [3.8, 4) is 0 Å². The third-order valence-corrected chi connectivity index (χ3v) is 3.82. The third kappa shape index (κ3) is 3.38. The predicted molar refractivity (Wildman–Crippen MR) is 82.8 cm³/mol. The van der Waals surface area contributed by atoms with Crippen molar-refractivity contribution >= 4 is 28.6 Å². The highest BCUT2D eigenvalue weighted by Gasteiger charge is 2.22. The van der Waals surface area contributed by atoms with Gasteiger partial charge in [-0.2, -0.15) is 11.3 Å². The topological polar surface area (TPSA) is 84.3 Å². The van der Waals surface area contributed by atoms with Gasteiger partial charge in [0.05, 0.1) is 11.0 Å². The van der Waals surface area contributed by atoms with Crippen LogP contribution in [0.4, 0.5) is 11.4 Å². The van der Waals surface area contributed by atoms with Crippen LogP contribution in [0.25, 0.3) is 0 Å². The van der Waals surface area contributed by atoms with Gasteiger partial charge < -0.3 is 10.6 Å². The Bertz CT molecular complexity index is 655. The number of nitrogens with zero attached hydrogens (tertiary/aromatic N) is 1. The Morgan fingerprint density at radius 2 is 2.14 bits per heavy atom. The Balaban J connectivity index is 2.27. The minimum atomic E-state index is -0.552. The first-order chi connectivity index (χ1) is 10.0. The van der Waals surface area contributed by atoms with Crippen molar-refractivity contribution in [2.75, 3.05) is 12.4 Å². The van der Waals surface area contributed by atoms with Crippen LogP contribution in [-0.4, -0.2) is 17.9 Å². The summed E-state index contributed by atoms with van der Waals surface area (Å²) < 4.78 is 0. The Morgan fingerprint density at radius 1 is 1.38 bits per heavy atom. The summed E-state index contributed by atoms with van der Waals surface area (Å²) in [7, 11) is 1.69. The molecule has 0 saturated heterocycles. The molecule has 0 spiro atoms. The van der Waals surface area contributed by atoms with Gasteiger partial charge in [-0.1, -0.05) is 0 Å². The molecule has 1 aromatic heterocycles. The highest BCUT2D eigenvalue weighted by Crippen LogP contribution is 2.24. The van der Waals surface area contributed by atoms with Gasteiger partial charge in [0.1, 0.15) is 5.56 Å². The Labute approximate surface area is 126 Å². The van der Waals surface area contributed by atoms with Crippen LogP contribution in [0, 0.1) is 10.1 Å². The van der Waals surface area contributed by atoms with Crippen molar-refractivity contribution in [3.63, 3.8) is 0 Å². The number of hydrogen-bond acceptors (Lipinski definition) is 5. The number of nitrogens with one attached hydrogen (secondary N) is 2. The van der Waals surface area contributed by atoms with Crippen LogP contribution in [-0.2, 0) is 0 Å². The maximum atomic E-state index is 12.3. The second-order valence-corrected chi connectivity index (χ2v) is 5.27. The van der Waals surface area contributed by atoms with E-state index in [1.807, 2.05) is 23.8 Å². The molecule has 1 heterocycles. The smallest absolute Gasteiger partial charge is 0.282 e. The number of amides is 1. The summed E-state index contributed by atoms with van der Waals surface area (Å²) in [6.07, 6.45) is 0. The quantitative estimate of drug-likeness (QED) is 0.656. The average Bonchev–Trinajstić information content (AvgIpc) is 3.00. The number of nitro groups is 1. The largest absolute Gasteiger partial charge is 0.388 e. The summed E-state index contributed by atoms with van der Waals surface area (Å²) >= 11 is 1.54. The van der Waals surface area contributed by atoms with E-state index >= 15 is 0 Å². The number of anilines is 1. The van der Waals surface area contributed by atoms with Crippen molar-refractivity contribution in [2.45, 2.75) is 13.0 Å². The van der Waals surface area contributed by atoms with Gasteiger partial charge in [-0.05, 0) is 41.4 Å². The summed E-state index contributed by atoms with van der Waals surface area (Å²) in [5.74, 6) is -0.461. The first-order valence-electron chi connectivity index (χ1n) is 6.32. The molecule has 1 aromatic carbocycles. The Kier molecular flexibility index (Phi) is 4.54. The first-order valence-corrected chi connectivity index (χ1v) is 7.26. The minimum Gasteiger partial charge on any atom is -0.388 e. The summed E-state index contributed by atoms with van der Waals surface area (Å²) in [5.41, 5.74) is 1.47. The number of hydrogen-bond donors (Lipinski definition) is 2. The van der Waals surface area contributed by atoms with Crippen LogP contribution in [0.2, 0.25) is 0 Å². The molecule has 0 aliphatic carbocycles. The predicted octanol–water partition coefficient (Wildman–Crippen LogP) is 3.19. The highest BCUT2D eigenvalue weighted by atomic mass is 32.1. The molecular weight excluding hydrogens is 290 g/mol. The lowest BCUT2D eigenvalue weighted by atomic mass is 10.1. The van der Waals surface area contributed by atoms with Gasteiger partial charge in [0.25, 0.3) is 11.6 Å². The maximum Gasteiger partial charge on any atom is 0.282 e. The minimum absolute atomic E-state index is 0.0499. The average molecular weight is 305 g/mol. The van der Waals surface area contributed by atoms with Gasteiger partial charge in [-0.25, -0.2) is 0 Å². The van der Waals surface area contributed by atoms with E-state index in [-0.39, 0.29) is 17.3 Å². The molecule has 0 aliphatic rings. The maximum absolute atomic E-state index is 12.3. The third-order valence-electron chi connectivity index (χ3n) is 3.12. The van der Waals surface area contributed by atoms with Crippen molar-refractivity contribution in [1.29, 1.82) is 0 Å². The number of rotatable bonds is 5. The zero-order valence-electron chi connectivity index (χ0n) is 11.6. The molecule has 0 aliphatic heterocycles. The lowest BCUT2D eigenvalue weighted by molar-refractivity contribution is -0.385. The summed E-state index contributed by atoms with van der Waals surface area (Å²) in [4.78, 5) is 22.8. The SMILES string of the molecule is CNc1ccc([N+](=O)[O-])c(C(=O)NC(C)c2ccsc2)c1. The van der Waals surface area contributed by atoms with E-state index in [1.165, 1.54) is 23.5 Å². The van der Waals surface area contributed by atoms with Crippen LogP contribution in [0.5, 0.6) is 0 Å².